The van der Waals surface area contributed by atoms with E-state index in [2.05, 4.69) is 55.9 Å². The molecule has 4 heteroatoms. The molecule has 25 heavy (non-hydrogen) atoms. The van der Waals surface area contributed by atoms with Crippen molar-refractivity contribution in [1.82, 2.24) is 14.9 Å². The van der Waals surface area contributed by atoms with Crippen LogP contribution in [-0.4, -0.2) is 32.6 Å². The Balaban J connectivity index is 2.30. The summed E-state index contributed by atoms with van der Waals surface area (Å²) in [5.41, 5.74) is 0.0710. The summed E-state index contributed by atoms with van der Waals surface area (Å²) in [6.07, 6.45) is 11.0. The highest BCUT2D eigenvalue weighted by Crippen LogP contribution is 2.38. The van der Waals surface area contributed by atoms with Gasteiger partial charge < -0.3 is 4.74 Å². The third kappa shape index (κ3) is 5.67. The Bertz CT molecular complexity index is 519. The largest absolute Gasteiger partial charge is 0.488 e. The minimum absolute atomic E-state index is 0.0710. The number of likely N-dealkylation sites (tertiary alicyclic amines) is 1. The van der Waals surface area contributed by atoms with E-state index in [1.54, 1.807) is 0 Å². The maximum absolute atomic E-state index is 5.70. The lowest BCUT2D eigenvalue weighted by molar-refractivity contribution is 0.0350. The van der Waals surface area contributed by atoms with Crippen molar-refractivity contribution in [1.29, 1.82) is 0 Å². The Labute approximate surface area is 154 Å². The summed E-state index contributed by atoms with van der Waals surface area (Å²) in [6.45, 7) is 15.6. The van der Waals surface area contributed by atoms with E-state index in [1.165, 1.54) is 19.3 Å². The Morgan fingerprint density at radius 1 is 1.16 bits per heavy atom. The van der Waals surface area contributed by atoms with E-state index in [0.717, 1.165) is 18.0 Å². The number of nitrogens with zero attached hydrogens (tertiary/aromatic N) is 3. The first-order chi connectivity index (χ1) is 11.7. The fourth-order valence-electron chi connectivity index (χ4n) is 3.85. The van der Waals surface area contributed by atoms with E-state index in [9.17, 15) is 0 Å². The van der Waals surface area contributed by atoms with Gasteiger partial charge in [0.15, 0.2) is 5.75 Å². The summed E-state index contributed by atoms with van der Waals surface area (Å²) < 4.78 is 5.70. The molecule has 2 rings (SSSR count). The van der Waals surface area contributed by atoms with Crippen molar-refractivity contribution in [3.05, 3.63) is 24.6 Å². The smallest absolute Gasteiger partial charge is 0.156 e. The highest BCUT2D eigenvalue weighted by atomic mass is 16.5. The van der Waals surface area contributed by atoms with Crippen molar-refractivity contribution in [3.8, 4) is 5.75 Å². The predicted molar refractivity (Wildman–Crippen MR) is 104 cm³/mol. The molecule has 1 aliphatic rings. The van der Waals surface area contributed by atoms with Crippen LogP contribution in [-0.2, 0) is 0 Å². The molecule has 1 aromatic heterocycles. The van der Waals surface area contributed by atoms with E-state index < -0.39 is 0 Å². The number of aromatic nitrogens is 2. The molecule has 1 aliphatic heterocycles. The highest BCUT2D eigenvalue weighted by molar-refractivity contribution is 5.15. The van der Waals surface area contributed by atoms with Gasteiger partial charge in [0.25, 0.3) is 0 Å². The van der Waals surface area contributed by atoms with Crippen LogP contribution in [0.4, 0.5) is 0 Å². The van der Waals surface area contributed by atoms with Crippen molar-refractivity contribution in [3.63, 3.8) is 0 Å². The van der Waals surface area contributed by atoms with Gasteiger partial charge in [-0.3, -0.25) is 4.90 Å². The van der Waals surface area contributed by atoms with Crippen LogP contribution >= 0.6 is 0 Å². The summed E-state index contributed by atoms with van der Waals surface area (Å²) in [4.78, 5) is 12.0. The molecule has 2 heterocycles. The lowest BCUT2D eigenvalue weighted by Gasteiger charge is -2.45. The van der Waals surface area contributed by atoms with Gasteiger partial charge in [0.2, 0.25) is 0 Å². The molecule has 1 aromatic rings. The summed E-state index contributed by atoms with van der Waals surface area (Å²) >= 11 is 0. The van der Waals surface area contributed by atoms with Crippen LogP contribution in [0, 0.1) is 12.3 Å². The number of rotatable bonds is 5. The van der Waals surface area contributed by atoms with Crippen molar-refractivity contribution in [2.45, 2.75) is 97.9 Å². The lowest BCUT2D eigenvalue weighted by atomic mass is 9.92. The van der Waals surface area contributed by atoms with Gasteiger partial charge in [-0.1, -0.05) is 20.3 Å². The van der Waals surface area contributed by atoms with E-state index in [0.29, 0.717) is 12.0 Å². The second-order valence-corrected chi connectivity index (χ2v) is 8.90. The molecule has 0 saturated carbocycles. The quantitative estimate of drug-likeness (QED) is 0.733. The zero-order chi connectivity index (χ0) is 18.6. The minimum Gasteiger partial charge on any atom is -0.488 e. The minimum atomic E-state index is 0.0710. The molecule has 141 valence electrons. The third-order valence-electron chi connectivity index (χ3n) is 4.62. The Hall–Kier alpha value is -1.16. The molecule has 1 radical (unpaired) electrons. The van der Waals surface area contributed by atoms with Crippen LogP contribution in [0.1, 0.15) is 86.0 Å². The molecular formula is C21H36N3O. The first-order valence-corrected chi connectivity index (χ1v) is 9.79. The number of hydrogen-bond donors (Lipinski definition) is 0. The Morgan fingerprint density at radius 3 is 2.32 bits per heavy atom. The van der Waals surface area contributed by atoms with E-state index >= 15 is 0 Å². The SMILES string of the molecule is CC(C)C[C@H]1[CH]CCCC(c2ncc(OC(C)C)cn2)N1C(C)(C)C. The van der Waals surface area contributed by atoms with Crippen LogP contribution in [0.5, 0.6) is 5.75 Å². The van der Waals surface area contributed by atoms with Gasteiger partial charge in [-0.2, -0.15) is 0 Å². The summed E-state index contributed by atoms with van der Waals surface area (Å²) in [6, 6.07) is 0.735. The fraction of sp³-hybridized carbons (Fsp3) is 0.762. The van der Waals surface area contributed by atoms with Crippen LogP contribution in [0.25, 0.3) is 0 Å². The van der Waals surface area contributed by atoms with Crippen molar-refractivity contribution in [2.75, 3.05) is 0 Å². The topological polar surface area (TPSA) is 38.3 Å². The molecule has 0 spiro atoms. The Kier molecular flexibility index (Phi) is 6.84. The second-order valence-electron chi connectivity index (χ2n) is 8.90. The zero-order valence-corrected chi connectivity index (χ0v) is 17.1. The van der Waals surface area contributed by atoms with Crippen LogP contribution in [0.15, 0.2) is 12.4 Å². The average molecular weight is 347 g/mol. The van der Waals surface area contributed by atoms with Crippen molar-refractivity contribution in [2.24, 2.45) is 5.92 Å². The summed E-state index contributed by atoms with van der Waals surface area (Å²) in [7, 11) is 0. The predicted octanol–water partition coefficient (Wildman–Crippen LogP) is 5.21. The van der Waals surface area contributed by atoms with Gasteiger partial charge in [0.1, 0.15) is 5.82 Å². The molecule has 0 bridgehead atoms. The molecule has 1 fully saturated rings. The molecule has 1 unspecified atom stereocenters. The maximum atomic E-state index is 5.70. The fourth-order valence-corrected chi connectivity index (χ4v) is 3.85. The Morgan fingerprint density at radius 2 is 1.80 bits per heavy atom. The second kappa shape index (κ2) is 8.48. The summed E-state index contributed by atoms with van der Waals surface area (Å²) in [5, 5.41) is 0. The van der Waals surface area contributed by atoms with Gasteiger partial charge >= 0.3 is 0 Å². The van der Waals surface area contributed by atoms with Crippen molar-refractivity contribution >= 4 is 0 Å². The van der Waals surface area contributed by atoms with Gasteiger partial charge in [-0.25, -0.2) is 9.97 Å². The number of ether oxygens (including phenoxy) is 1. The standard InChI is InChI=1S/C21H36N3O/c1-15(2)12-17-10-8-9-11-19(24(17)21(5,6)7)20-22-13-18(14-23-20)25-16(3)4/h10,13-17,19H,8-9,11-12H2,1-7H3/t17-,19?/m1/s1. The average Bonchev–Trinajstić information content (AvgIpc) is 2.69. The van der Waals surface area contributed by atoms with Crippen LogP contribution in [0.3, 0.4) is 0 Å². The third-order valence-corrected chi connectivity index (χ3v) is 4.62. The molecular weight excluding hydrogens is 310 g/mol. The van der Waals surface area contributed by atoms with E-state index in [1.807, 2.05) is 26.2 Å². The normalized spacial score (nSPS) is 23.1. The molecule has 4 nitrogen and oxygen atoms in total. The van der Waals surface area contributed by atoms with Gasteiger partial charge in [-0.15, -0.1) is 0 Å². The lowest BCUT2D eigenvalue weighted by Crippen LogP contribution is -2.50. The zero-order valence-electron chi connectivity index (χ0n) is 17.1. The first kappa shape index (κ1) is 20.2. The molecule has 1 saturated heterocycles. The highest BCUT2D eigenvalue weighted by Gasteiger charge is 2.38. The van der Waals surface area contributed by atoms with Crippen molar-refractivity contribution < 1.29 is 4.74 Å². The van der Waals surface area contributed by atoms with E-state index in [-0.39, 0.29) is 17.7 Å². The van der Waals surface area contributed by atoms with E-state index in [4.69, 9.17) is 4.74 Å². The van der Waals surface area contributed by atoms with Gasteiger partial charge in [-0.05, 0) is 66.2 Å². The van der Waals surface area contributed by atoms with Crippen LogP contribution < -0.4 is 4.74 Å². The maximum Gasteiger partial charge on any atom is 0.156 e. The molecule has 0 aliphatic carbocycles. The monoisotopic (exact) mass is 346 g/mol. The molecule has 2 atom stereocenters. The number of hydrogen-bond acceptors (Lipinski definition) is 4. The van der Waals surface area contributed by atoms with Gasteiger partial charge in [0, 0.05) is 11.6 Å². The molecule has 0 amide bonds. The summed E-state index contributed by atoms with van der Waals surface area (Å²) in [5.74, 6) is 2.35. The van der Waals surface area contributed by atoms with Crippen LogP contribution in [0.2, 0.25) is 0 Å². The molecule has 0 aromatic carbocycles. The molecule has 0 N–H and O–H groups in total. The first-order valence-electron chi connectivity index (χ1n) is 9.79. The van der Waals surface area contributed by atoms with Gasteiger partial charge in [0.05, 0.1) is 24.5 Å².